The van der Waals surface area contributed by atoms with Gasteiger partial charge in [-0.25, -0.2) is 0 Å². The monoisotopic (exact) mass is 1080 g/mol. The molecule has 0 aliphatic heterocycles. The van der Waals surface area contributed by atoms with E-state index < -0.39 is 0 Å². The topological polar surface area (TPSA) is 85.3 Å². The molecular formula is C72H132O5. The maximum Gasteiger partial charge on any atom is 0.129 e. The van der Waals surface area contributed by atoms with Crippen LogP contribution in [0.25, 0.3) is 0 Å². The summed E-state index contributed by atoms with van der Waals surface area (Å²) in [7, 11) is 0. The molecule has 0 saturated carbocycles. The van der Waals surface area contributed by atoms with Crippen molar-refractivity contribution in [3.63, 3.8) is 0 Å². The second-order valence-corrected chi connectivity index (χ2v) is 21.6. The number of hydrogen-bond acceptors (Lipinski definition) is 5. The first-order valence-corrected chi connectivity index (χ1v) is 32.7. The third kappa shape index (κ3) is 106. The summed E-state index contributed by atoms with van der Waals surface area (Å²) >= 11 is 0. The van der Waals surface area contributed by atoms with Crippen molar-refractivity contribution >= 4 is 28.9 Å². The third-order valence-corrected chi connectivity index (χ3v) is 12.9. The van der Waals surface area contributed by atoms with Crippen LogP contribution in [0.2, 0.25) is 0 Å². The van der Waals surface area contributed by atoms with Gasteiger partial charge in [0, 0.05) is 32.1 Å². The Morgan fingerprint density at radius 2 is 0.390 bits per heavy atom. The van der Waals surface area contributed by atoms with Gasteiger partial charge < -0.3 is 24.0 Å². The highest BCUT2D eigenvalue weighted by Gasteiger charge is 1.97. The van der Waals surface area contributed by atoms with Crippen molar-refractivity contribution < 1.29 is 24.0 Å². The lowest BCUT2D eigenvalue weighted by Gasteiger charge is -1.99. The Hall–Kier alpha value is -3.21. The zero-order valence-electron chi connectivity index (χ0n) is 53.3. The molecule has 0 aromatic carbocycles. The van der Waals surface area contributed by atoms with Crippen LogP contribution in [0, 0.1) is 0 Å². The van der Waals surface area contributed by atoms with E-state index in [4.69, 9.17) is 0 Å². The lowest BCUT2D eigenvalue weighted by Crippen LogP contribution is -1.89. The SMILES string of the molecule is CCC=CCCCC(C)=O.CCC=CCCCCCCCC(C)=O.CCCCC/C=C/C/C=C/CCCCCCCC(C)=O.CCCCCC=CCCCC(C)=O.CCCCCCCC/C=C/CCCCCCCC(C)=O. The molecule has 0 saturated heterocycles. The highest BCUT2D eigenvalue weighted by Crippen LogP contribution is 2.12. The van der Waals surface area contributed by atoms with Gasteiger partial charge in [0.15, 0.2) is 0 Å². The maximum absolute atomic E-state index is 10.8. The van der Waals surface area contributed by atoms with Gasteiger partial charge >= 0.3 is 0 Å². The zero-order valence-corrected chi connectivity index (χ0v) is 53.3. The molecule has 450 valence electrons. The molecule has 0 bridgehead atoms. The predicted octanol–water partition coefficient (Wildman–Crippen LogP) is 23.9. The van der Waals surface area contributed by atoms with E-state index in [9.17, 15) is 24.0 Å². The number of carbonyl (C=O) groups excluding carboxylic acids is 5. The van der Waals surface area contributed by atoms with E-state index in [0.717, 1.165) is 96.3 Å². The Kier molecular flexibility index (Phi) is 85.1. The van der Waals surface area contributed by atoms with Gasteiger partial charge in [0.1, 0.15) is 28.9 Å². The van der Waals surface area contributed by atoms with Crippen LogP contribution in [0.15, 0.2) is 72.9 Å². The number of rotatable bonds is 51. The van der Waals surface area contributed by atoms with Crippen molar-refractivity contribution in [3.8, 4) is 0 Å². The van der Waals surface area contributed by atoms with Gasteiger partial charge in [0.25, 0.3) is 0 Å². The van der Waals surface area contributed by atoms with Gasteiger partial charge in [-0.15, -0.1) is 0 Å². The molecule has 0 fully saturated rings. The van der Waals surface area contributed by atoms with Gasteiger partial charge in [-0.1, -0.05) is 223 Å². The number of hydrogen-bond donors (Lipinski definition) is 0. The summed E-state index contributed by atoms with van der Waals surface area (Å²) in [6, 6.07) is 0. The fourth-order valence-corrected chi connectivity index (χ4v) is 8.05. The van der Waals surface area contributed by atoms with E-state index in [0.29, 0.717) is 28.9 Å². The van der Waals surface area contributed by atoms with Gasteiger partial charge in [0.05, 0.1) is 0 Å². The van der Waals surface area contributed by atoms with Crippen LogP contribution in [-0.4, -0.2) is 28.9 Å². The minimum absolute atomic E-state index is 0.296. The van der Waals surface area contributed by atoms with Crippen LogP contribution in [0.5, 0.6) is 0 Å². The molecule has 0 radical (unpaired) electrons. The Morgan fingerprint density at radius 3 is 0.649 bits per heavy atom. The molecule has 0 atom stereocenters. The van der Waals surface area contributed by atoms with Crippen molar-refractivity contribution in [3.05, 3.63) is 72.9 Å². The molecule has 0 aromatic heterocycles. The molecule has 0 aliphatic carbocycles. The Balaban J connectivity index is -0.000000287. The van der Waals surface area contributed by atoms with E-state index in [1.54, 1.807) is 34.6 Å². The van der Waals surface area contributed by atoms with Crippen LogP contribution < -0.4 is 0 Å². The first-order chi connectivity index (χ1) is 37.4. The normalized spacial score (nSPS) is 11.2. The summed E-state index contributed by atoms with van der Waals surface area (Å²) in [6.45, 7) is 19.4. The largest absolute Gasteiger partial charge is 0.300 e. The lowest BCUT2D eigenvalue weighted by molar-refractivity contribution is -0.117. The Morgan fingerprint density at radius 1 is 0.208 bits per heavy atom. The first-order valence-electron chi connectivity index (χ1n) is 32.7. The molecule has 0 rings (SSSR count). The van der Waals surface area contributed by atoms with Crippen molar-refractivity contribution in [2.75, 3.05) is 0 Å². The Labute approximate surface area is 481 Å². The van der Waals surface area contributed by atoms with Gasteiger partial charge in [-0.05, 0) is 176 Å². The summed E-state index contributed by atoms with van der Waals surface area (Å²) < 4.78 is 0. The molecule has 0 heterocycles. The summed E-state index contributed by atoms with van der Waals surface area (Å²) in [5.41, 5.74) is 0. The van der Waals surface area contributed by atoms with Crippen molar-refractivity contribution in [2.45, 2.75) is 358 Å². The average molecular weight is 1080 g/mol. The van der Waals surface area contributed by atoms with Crippen molar-refractivity contribution in [1.82, 2.24) is 0 Å². The lowest BCUT2D eigenvalue weighted by atomic mass is 10.1. The quantitative estimate of drug-likeness (QED) is 0.0448. The van der Waals surface area contributed by atoms with Gasteiger partial charge in [-0.3, -0.25) is 0 Å². The average Bonchev–Trinajstić information content (AvgIpc) is 3.39. The number of unbranched alkanes of at least 4 members (excludes halogenated alkanes) is 29. The third-order valence-electron chi connectivity index (χ3n) is 12.9. The molecule has 5 nitrogen and oxygen atoms in total. The molecule has 0 spiro atoms. The summed E-state index contributed by atoms with van der Waals surface area (Å²) in [6.07, 6.45) is 80.7. The van der Waals surface area contributed by atoms with Crippen molar-refractivity contribution in [1.29, 1.82) is 0 Å². The molecule has 0 unspecified atom stereocenters. The van der Waals surface area contributed by atoms with E-state index in [-0.39, 0.29) is 0 Å². The molecule has 0 N–H and O–H groups in total. The fraction of sp³-hybridized carbons (Fsp3) is 0.764. The van der Waals surface area contributed by atoms with Crippen LogP contribution in [0.4, 0.5) is 0 Å². The number of carbonyl (C=O) groups is 5. The number of ketones is 5. The highest BCUT2D eigenvalue weighted by molar-refractivity contribution is 5.76. The Bertz CT molecular complexity index is 1390. The predicted molar refractivity (Wildman–Crippen MR) is 344 cm³/mol. The smallest absolute Gasteiger partial charge is 0.129 e. The second-order valence-electron chi connectivity index (χ2n) is 21.6. The zero-order chi connectivity index (χ0) is 58.2. The highest BCUT2D eigenvalue weighted by atomic mass is 16.1. The number of Topliss-reactive ketones (excluding diaryl/α,β-unsaturated/α-hetero) is 5. The van der Waals surface area contributed by atoms with Crippen LogP contribution in [0.3, 0.4) is 0 Å². The van der Waals surface area contributed by atoms with Gasteiger partial charge in [0.2, 0.25) is 0 Å². The first kappa shape index (κ1) is 82.6. The van der Waals surface area contributed by atoms with E-state index in [1.165, 1.54) is 193 Å². The minimum Gasteiger partial charge on any atom is -0.300 e. The van der Waals surface area contributed by atoms with Crippen molar-refractivity contribution in [2.24, 2.45) is 0 Å². The van der Waals surface area contributed by atoms with E-state index in [1.807, 2.05) is 0 Å². The number of allylic oxidation sites excluding steroid dienone is 12. The molecule has 5 heteroatoms. The molecule has 77 heavy (non-hydrogen) atoms. The molecule has 0 amide bonds. The van der Waals surface area contributed by atoms with Crippen LogP contribution >= 0.6 is 0 Å². The van der Waals surface area contributed by atoms with E-state index >= 15 is 0 Å². The van der Waals surface area contributed by atoms with Crippen LogP contribution in [0.1, 0.15) is 358 Å². The summed E-state index contributed by atoms with van der Waals surface area (Å²) in [5, 5.41) is 0. The standard InChI is InChI=1S/C19H36O.C19H34O.C13H24O.C12H22O.C9H16O/c2*1-3-4-5-6-7-8-9-10-11-12-13-14-15-16-17-18-19(2)20;1-3-4-5-6-7-8-9-10-11-12-13(2)14;1-3-4-5-6-7-8-9-10-11-12(2)13;1-3-4-5-6-7-8-9(2)10/h10-11H,3-9,12-18H2,1-2H3;7-8,10-11H,3-6,9,12-18H2,1-2H3;4-5H,3,6-12H2,1-2H3;7-8H,3-6,9-11H2,1-2H3;4-5H,3,6-8H2,1-2H3/b11-10+;8-7+,11-10+;;;. The summed E-state index contributed by atoms with van der Waals surface area (Å²) in [5.74, 6) is 1.60. The summed E-state index contributed by atoms with van der Waals surface area (Å²) in [4.78, 5) is 53.2. The second kappa shape index (κ2) is 79.3. The molecule has 0 aromatic rings. The molecular weight excluding hydrogens is 945 g/mol. The maximum atomic E-state index is 10.8. The fourth-order valence-electron chi connectivity index (χ4n) is 8.05. The van der Waals surface area contributed by atoms with Gasteiger partial charge in [-0.2, -0.15) is 0 Å². The van der Waals surface area contributed by atoms with E-state index in [2.05, 4.69) is 108 Å². The minimum atomic E-state index is 0.296. The van der Waals surface area contributed by atoms with Crippen LogP contribution in [-0.2, 0) is 24.0 Å². The molecule has 0 aliphatic rings.